The van der Waals surface area contributed by atoms with Crippen LogP contribution in [0.25, 0.3) is 0 Å². The van der Waals surface area contributed by atoms with Crippen molar-refractivity contribution in [1.82, 2.24) is 20.6 Å². The summed E-state index contributed by atoms with van der Waals surface area (Å²) in [5, 5.41) is 11.9. The first kappa shape index (κ1) is 18.2. The molecule has 0 saturated carbocycles. The van der Waals surface area contributed by atoms with Crippen molar-refractivity contribution in [2.24, 2.45) is 4.99 Å². The fourth-order valence-corrected chi connectivity index (χ4v) is 4.15. The van der Waals surface area contributed by atoms with Crippen molar-refractivity contribution in [3.63, 3.8) is 0 Å². The van der Waals surface area contributed by atoms with Gasteiger partial charge in [-0.1, -0.05) is 11.8 Å². The Balaban J connectivity index is 1.64. The minimum Gasteiger partial charge on any atom is -0.357 e. The molecule has 0 unspecified atom stereocenters. The second kappa shape index (κ2) is 10.6. The maximum absolute atomic E-state index is 4.61. The highest BCUT2D eigenvalue weighted by Crippen LogP contribution is 2.20. The normalized spacial score (nSPS) is 11.7. The molecule has 2 N–H and O–H groups in total. The molecule has 0 aliphatic heterocycles. The molecule has 0 spiro atoms. The van der Waals surface area contributed by atoms with Crippen molar-refractivity contribution < 1.29 is 0 Å². The molecule has 0 saturated heterocycles. The summed E-state index contributed by atoms with van der Waals surface area (Å²) in [5.74, 6) is 1.94. The van der Waals surface area contributed by atoms with Crippen LogP contribution in [0.3, 0.4) is 0 Å². The first-order valence-electron chi connectivity index (χ1n) is 7.73. The number of aromatic nitrogens is 2. The lowest BCUT2D eigenvalue weighted by Crippen LogP contribution is -2.38. The van der Waals surface area contributed by atoms with E-state index in [1.54, 1.807) is 34.4 Å². The number of nitrogens with zero attached hydrogens (tertiary/aromatic N) is 3. The Morgan fingerprint density at radius 1 is 1.35 bits per heavy atom. The van der Waals surface area contributed by atoms with Crippen LogP contribution in [0.1, 0.15) is 24.0 Å². The number of hydrogen-bond acceptors (Lipinski definition) is 6. The average Bonchev–Trinajstić information content (AvgIpc) is 3.19. The van der Waals surface area contributed by atoms with Crippen molar-refractivity contribution in [3.8, 4) is 0 Å². The van der Waals surface area contributed by atoms with Crippen LogP contribution in [0.15, 0.2) is 26.3 Å². The quantitative estimate of drug-likeness (QED) is 0.308. The molecule has 0 atom stereocenters. The van der Waals surface area contributed by atoms with Gasteiger partial charge in [-0.15, -0.1) is 22.7 Å². The van der Waals surface area contributed by atoms with E-state index in [0.29, 0.717) is 0 Å². The molecule has 23 heavy (non-hydrogen) atoms. The molecule has 126 valence electrons. The van der Waals surface area contributed by atoms with Gasteiger partial charge in [0.1, 0.15) is 4.34 Å². The van der Waals surface area contributed by atoms with Crippen molar-refractivity contribution in [2.75, 3.05) is 25.4 Å². The highest BCUT2D eigenvalue weighted by Gasteiger charge is 2.01. The largest absolute Gasteiger partial charge is 0.357 e. The molecule has 0 aromatic carbocycles. The van der Waals surface area contributed by atoms with E-state index in [9.17, 15) is 0 Å². The van der Waals surface area contributed by atoms with E-state index >= 15 is 0 Å². The molecule has 0 radical (unpaired) electrons. The molecule has 8 heteroatoms. The van der Waals surface area contributed by atoms with Gasteiger partial charge in [-0.2, -0.15) is 0 Å². The van der Waals surface area contributed by atoms with Gasteiger partial charge in [0, 0.05) is 48.8 Å². The van der Waals surface area contributed by atoms with E-state index in [1.807, 2.05) is 18.5 Å². The van der Waals surface area contributed by atoms with Crippen molar-refractivity contribution in [2.45, 2.75) is 31.0 Å². The van der Waals surface area contributed by atoms with Crippen molar-refractivity contribution in [1.29, 1.82) is 0 Å². The molecule has 2 heterocycles. The number of nitrogens with one attached hydrogen (secondary N) is 2. The predicted molar refractivity (Wildman–Crippen MR) is 102 cm³/mol. The number of hydrogen-bond donors (Lipinski definition) is 2. The van der Waals surface area contributed by atoms with E-state index in [-0.39, 0.29) is 0 Å². The smallest absolute Gasteiger partial charge is 0.191 e. The molecule has 0 amide bonds. The maximum atomic E-state index is 4.61. The highest BCUT2D eigenvalue weighted by atomic mass is 32.2. The van der Waals surface area contributed by atoms with Gasteiger partial charge in [-0.25, -0.2) is 9.97 Å². The molecule has 0 aliphatic rings. The van der Waals surface area contributed by atoms with Crippen LogP contribution in [-0.4, -0.2) is 41.3 Å². The third-order valence-electron chi connectivity index (χ3n) is 2.89. The first-order chi connectivity index (χ1) is 11.3. The van der Waals surface area contributed by atoms with E-state index in [4.69, 9.17) is 0 Å². The lowest BCUT2D eigenvalue weighted by molar-refractivity contribution is 0.786. The highest BCUT2D eigenvalue weighted by molar-refractivity contribution is 8.00. The second-order valence-corrected chi connectivity index (χ2v) is 8.09. The third kappa shape index (κ3) is 7.32. The predicted octanol–water partition coefficient (Wildman–Crippen LogP) is 3.19. The summed E-state index contributed by atoms with van der Waals surface area (Å²) in [4.78, 5) is 13.4. The molecule has 0 aliphatic carbocycles. The van der Waals surface area contributed by atoms with Gasteiger partial charge >= 0.3 is 0 Å². The van der Waals surface area contributed by atoms with Gasteiger partial charge in [-0.3, -0.25) is 4.99 Å². The summed E-state index contributed by atoms with van der Waals surface area (Å²) < 4.78 is 1.14. The van der Waals surface area contributed by atoms with Crippen LogP contribution in [0.5, 0.6) is 0 Å². The zero-order valence-corrected chi connectivity index (χ0v) is 16.0. The SMILES string of the molecule is CCNC(=NCCCSc1nccs1)NCCc1csc(C)n1. The minimum atomic E-state index is 0.823. The second-order valence-electron chi connectivity index (χ2n) is 4.80. The average molecular weight is 370 g/mol. The standard InChI is InChI=1S/C15H23N5S3/c1-3-16-14(18-7-5-13-11-23-12(2)20-13)17-6-4-9-21-15-19-8-10-22-15/h8,10-11H,3-7,9H2,1-2H3,(H2,16,17,18). The summed E-state index contributed by atoms with van der Waals surface area (Å²) in [6.45, 7) is 6.66. The lowest BCUT2D eigenvalue weighted by Gasteiger charge is -2.10. The third-order valence-corrected chi connectivity index (χ3v) is 5.77. The van der Waals surface area contributed by atoms with Crippen LogP contribution in [-0.2, 0) is 6.42 Å². The van der Waals surface area contributed by atoms with Gasteiger partial charge in [-0.05, 0) is 20.3 Å². The minimum absolute atomic E-state index is 0.823. The summed E-state index contributed by atoms with van der Waals surface area (Å²) >= 11 is 5.19. The fourth-order valence-electron chi connectivity index (χ4n) is 1.87. The fraction of sp³-hybridized carbons (Fsp3) is 0.533. The zero-order valence-electron chi connectivity index (χ0n) is 13.5. The number of thiazole rings is 2. The Labute approximate surface area is 150 Å². The van der Waals surface area contributed by atoms with Gasteiger partial charge in [0.15, 0.2) is 5.96 Å². The van der Waals surface area contributed by atoms with Gasteiger partial charge in [0.25, 0.3) is 0 Å². The zero-order chi connectivity index (χ0) is 16.3. The summed E-state index contributed by atoms with van der Waals surface area (Å²) in [6, 6.07) is 0. The number of thioether (sulfide) groups is 1. The molecular weight excluding hydrogens is 346 g/mol. The summed E-state index contributed by atoms with van der Waals surface area (Å²) in [5.41, 5.74) is 1.15. The van der Waals surface area contributed by atoms with Crippen LogP contribution in [0.4, 0.5) is 0 Å². The van der Waals surface area contributed by atoms with Crippen molar-refractivity contribution >= 4 is 40.4 Å². The van der Waals surface area contributed by atoms with E-state index in [1.165, 1.54) is 0 Å². The Morgan fingerprint density at radius 2 is 2.26 bits per heavy atom. The number of aliphatic imine (C=N–C) groups is 1. The molecule has 2 aromatic rings. The molecule has 2 aromatic heterocycles. The van der Waals surface area contributed by atoms with Gasteiger partial charge < -0.3 is 10.6 Å². The van der Waals surface area contributed by atoms with Crippen LogP contribution in [0.2, 0.25) is 0 Å². The van der Waals surface area contributed by atoms with Crippen LogP contribution < -0.4 is 10.6 Å². The van der Waals surface area contributed by atoms with E-state index < -0.39 is 0 Å². The Kier molecular flexibility index (Phi) is 8.41. The van der Waals surface area contributed by atoms with Gasteiger partial charge in [0.2, 0.25) is 0 Å². The van der Waals surface area contributed by atoms with E-state index in [2.05, 4.69) is 37.9 Å². The lowest BCUT2D eigenvalue weighted by atomic mass is 10.3. The topological polar surface area (TPSA) is 62.2 Å². The van der Waals surface area contributed by atoms with E-state index in [0.717, 1.165) is 59.2 Å². The first-order valence-corrected chi connectivity index (χ1v) is 10.5. The van der Waals surface area contributed by atoms with Crippen molar-refractivity contribution in [3.05, 3.63) is 27.7 Å². The number of guanidine groups is 1. The Morgan fingerprint density at radius 3 is 2.96 bits per heavy atom. The Hall–Kier alpha value is -1.12. The molecule has 0 bridgehead atoms. The van der Waals surface area contributed by atoms with Crippen LogP contribution in [0, 0.1) is 6.92 Å². The number of aryl methyl sites for hydroxylation is 1. The molecule has 0 fully saturated rings. The summed E-state index contributed by atoms with van der Waals surface area (Å²) in [6.07, 6.45) is 3.82. The Bertz CT molecular complexity index is 580. The molecular formula is C15H23N5S3. The number of rotatable bonds is 9. The molecule has 5 nitrogen and oxygen atoms in total. The van der Waals surface area contributed by atoms with Crippen LogP contribution >= 0.6 is 34.4 Å². The summed E-state index contributed by atoms with van der Waals surface area (Å²) in [7, 11) is 0. The maximum Gasteiger partial charge on any atom is 0.191 e. The monoisotopic (exact) mass is 369 g/mol. The van der Waals surface area contributed by atoms with Gasteiger partial charge in [0.05, 0.1) is 10.7 Å². The molecule has 2 rings (SSSR count).